The summed E-state index contributed by atoms with van der Waals surface area (Å²) in [6.45, 7) is 5.98. The number of likely N-dealkylation sites (tertiary alicyclic amines) is 1. The maximum Gasteiger partial charge on any atom is 0.289 e. The number of para-hydroxylation sites is 1. The fraction of sp³-hybridized carbons (Fsp3) is 0.632. The molecule has 3 rings (SSSR count). The Morgan fingerprint density at radius 1 is 1.10 bits per heavy atom. The number of benzene rings is 1. The van der Waals surface area contributed by atoms with Gasteiger partial charge in [0.05, 0.1) is 4.92 Å². The maximum absolute atomic E-state index is 12.9. The molecule has 1 aromatic rings. The van der Waals surface area contributed by atoms with Gasteiger partial charge in [-0.15, -0.1) is 0 Å². The van der Waals surface area contributed by atoms with Gasteiger partial charge in [-0.25, -0.2) is 8.42 Å². The zero-order valence-electron chi connectivity index (χ0n) is 16.7. The Bertz CT molecular complexity index is 844. The minimum atomic E-state index is -3.98. The number of carbonyl (C=O) groups is 1. The van der Waals surface area contributed by atoms with Crippen molar-refractivity contribution in [3.63, 3.8) is 0 Å². The van der Waals surface area contributed by atoms with Crippen LogP contribution in [0.5, 0.6) is 0 Å². The summed E-state index contributed by atoms with van der Waals surface area (Å²) in [5.74, 6) is 0.102. The van der Waals surface area contributed by atoms with E-state index in [-0.39, 0.29) is 29.8 Å². The molecule has 0 aromatic heterocycles. The molecule has 0 radical (unpaired) electrons. The number of piperazine rings is 1. The Balaban J connectivity index is 1.61. The van der Waals surface area contributed by atoms with Crippen LogP contribution in [0.25, 0.3) is 0 Å². The van der Waals surface area contributed by atoms with Crippen molar-refractivity contribution in [2.75, 3.05) is 45.8 Å². The van der Waals surface area contributed by atoms with E-state index in [0.717, 1.165) is 38.9 Å². The summed E-state index contributed by atoms with van der Waals surface area (Å²) in [6.07, 6.45) is 2.79. The number of hydrogen-bond donors (Lipinski definition) is 0. The summed E-state index contributed by atoms with van der Waals surface area (Å²) in [5.41, 5.74) is -0.426. The molecule has 9 nitrogen and oxygen atoms in total. The zero-order chi connectivity index (χ0) is 21.0. The van der Waals surface area contributed by atoms with Gasteiger partial charge in [0.15, 0.2) is 4.90 Å². The number of hydrogen-bond acceptors (Lipinski definition) is 6. The van der Waals surface area contributed by atoms with Crippen LogP contribution < -0.4 is 0 Å². The fourth-order valence-electron chi connectivity index (χ4n) is 4.09. The van der Waals surface area contributed by atoms with Gasteiger partial charge in [0.1, 0.15) is 0 Å². The molecule has 2 aliphatic rings. The quantitative estimate of drug-likeness (QED) is 0.507. The molecule has 29 heavy (non-hydrogen) atoms. The summed E-state index contributed by atoms with van der Waals surface area (Å²) in [4.78, 5) is 27.2. The molecule has 2 saturated heterocycles. The average molecular weight is 425 g/mol. The lowest BCUT2D eigenvalue weighted by Crippen LogP contribution is -2.52. The number of nitro benzene ring substituents is 1. The average Bonchev–Trinajstić information content (AvgIpc) is 2.74. The van der Waals surface area contributed by atoms with Crippen LogP contribution in [0.2, 0.25) is 0 Å². The van der Waals surface area contributed by atoms with Crippen LogP contribution in [0.3, 0.4) is 0 Å². The first-order chi connectivity index (χ1) is 13.8. The van der Waals surface area contributed by atoms with E-state index in [4.69, 9.17) is 0 Å². The smallest absolute Gasteiger partial charge is 0.289 e. The molecule has 2 fully saturated rings. The molecule has 1 amide bonds. The van der Waals surface area contributed by atoms with Gasteiger partial charge in [0, 0.05) is 38.2 Å². The number of carbonyl (C=O) groups excluding carboxylic acids is 1. The van der Waals surface area contributed by atoms with E-state index < -0.39 is 20.6 Å². The van der Waals surface area contributed by atoms with Crippen molar-refractivity contribution >= 4 is 21.6 Å². The second-order valence-corrected chi connectivity index (χ2v) is 9.48. The summed E-state index contributed by atoms with van der Waals surface area (Å²) in [7, 11) is -3.98. The summed E-state index contributed by atoms with van der Waals surface area (Å²) < 4.78 is 27.0. The third-order valence-electron chi connectivity index (χ3n) is 5.71. The number of sulfonamides is 1. The van der Waals surface area contributed by atoms with E-state index in [2.05, 4.69) is 11.8 Å². The monoisotopic (exact) mass is 424 g/mol. The fourth-order valence-corrected chi connectivity index (χ4v) is 5.67. The highest BCUT2D eigenvalue weighted by Crippen LogP contribution is 2.27. The van der Waals surface area contributed by atoms with Gasteiger partial charge in [-0.1, -0.05) is 19.1 Å². The minimum Gasteiger partial charge on any atom is -0.340 e. The van der Waals surface area contributed by atoms with E-state index in [1.807, 2.05) is 0 Å². The molecule has 1 aromatic carbocycles. The molecule has 0 spiro atoms. The van der Waals surface area contributed by atoms with E-state index >= 15 is 0 Å². The van der Waals surface area contributed by atoms with Crippen LogP contribution >= 0.6 is 0 Å². The van der Waals surface area contributed by atoms with Crippen molar-refractivity contribution in [3.8, 4) is 0 Å². The summed E-state index contributed by atoms with van der Waals surface area (Å²) in [6, 6.07) is 5.37. The van der Waals surface area contributed by atoms with E-state index in [9.17, 15) is 23.3 Å². The van der Waals surface area contributed by atoms with Crippen LogP contribution in [0.4, 0.5) is 5.69 Å². The van der Waals surface area contributed by atoms with Crippen molar-refractivity contribution in [1.82, 2.24) is 14.1 Å². The second kappa shape index (κ2) is 9.19. The lowest BCUT2D eigenvalue weighted by Gasteiger charge is -2.38. The molecular formula is C19H28N4O5S. The number of nitrogens with zero attached hydrogens (tertiary/aromatic N) is 4. The molecule has 2 aliphatic heterocycles. The van der Waals surface area contributed by atoms with E-state index in [0.29, 0.717) is 13.1 Å². The molecule has 0 unspecified atom stereocenters. The molecule has 160 valence electrons. The molecule has 0 N–H and O–H groups in total. The highest BCUT2D eigenvalue weighted by atomic mass is 32.2. The maximum atomic E-state index is 12.9. The Hall–Kier alpha value is -2.04. The first-order valence-electron chi connectivity index (χ1n) is 10.1. The highest BCUT2D eigenvalue weighted by molar-refractivity contribution is 7.89. The van der Waals surface area contributed by atoms with Gasteiger partial charge in [-0.3, -0.25) is 14.9 Å². The molecule has 0 saturated carbocycles. The van der Waals surface area contributed by atoms with Gasteiger partial charge >= 0.3 is 0 Å². The van der Waals surface area contributed by atoms with Gasteiger partial charge in [-0.05, 0) is 45.0 Å². The largest absolute Gasteiger partial charge is 0.340 e. The van der Waals surface area contributed by atoms with Gasteiger partial charge < -0.3 is 9.80 Å². The molecule has 0 atom stereocenters. The van der Waals surface area contributed by atoms with Crippen LogP contribution in [-0.4, -0.2) is 79.2 Å². The van der Waals surface area contributed by atoms with Crippen LogP contribution in [0.1, 0.15) is 26.2 Å². The van der Waals surface area contributed by atoms with Crippen LogP contribution in [0.15, 0.2) is 29.2 Å². The molecule has 2 heterocycles. The second-order valence-electron chi connectivity index (χ2n) is 7.57. The Kier molecular flexibility index (Phi) is 6.86. The number of amides is 1. The van der Waals surface area contributed by atoms with Gasteiger partial charge in [0.2, 0.25) is 15.9 Å². The Morgan fingerprint density at radius 2 is 1.72 bits per heavy atom. The van der Waals surface area contributed by atoms with Gasteiger partial charge in [-0.2, -0.15) is 4.31 Å². The van der Waals surface area contributed by atoms with Crippen LogP contribution in [-0.2, 0) is 14.8 Å². The highest BCUT2D eigenvalue weighted by Gasteiger charge is 2.36. The number of nitro groups is 1. The lowest BCUT2D eigenvalue weighted by atomic mass is 9.95. The molecular weight excluding hydrogens is 396 g/mol. The first kappa shape index (κ1) is 21.7. The normalized spacial score (nSPS) is 20.0. The Morgan fingerprint density at radius 3 is 2.31 bits per heavy atom. The number of rotatable bonds is 6. The van der Waals surface area contributed by atoms with Crippen molar-refractivity contribution in [1.29, 1.82) is 0 Å². The van der Waals surface area contributed by atoms with Crippen molar-refractivity contribution in [3.05, 3.63) is 34.4 Å². The lowest BCUT2D eigenvalue weighted by molar-refractivity contribution is -0.387. The standard InChI is InChI=1S/C19H28N4O5S/c1-2-9-20-10-7-16(8-11-20)19(24)21-12-14-22(15-13-21)29(27,28)18-6-4-3-5-17(18)23(25)26/h3-6,16H,2,7-15H2,1H3. The predicted molar refractivity (Wildman–Crippen MR) is 108 cm³/mol. The molecule has 0 aliphatic carbocycles. The van der Waals surface area contributed by atoms with E-state index in [1.165, 1.54) is 28.6 Å². The van der Waals surface area contributed by atoms with Crippen molar-refractivity contribution < 1.29 is 18.1 Å². The van der Waals surface area contributed by atoms with Gasteiger partial charge in [0.25, 0.3) is 5.69 Å². The summed E-state index contributed by atoms with van der Waals surface area (Å²) in [5, 5.41) is 11.2. The third kappa shape index (κ3) is 4.76. The minimum absolute atomic E-state index is 0.00136. The first-order valence-corrected chi connectivity index (χ1v) is 11.5. The predicted octanol–water partition coefficient (Wildman–Crippen LogP) is 1.55. The Labute approximate surface area is 171 Å². The van der Waals surface area contributed by atoms with Crippen LogP contribution in [0, 0.1) is 16.0 Å². The third-order valence-corrected chi connectivity index (χ3v) is 7.65. The van der Waals surface area contributed by atoms with Crippen molar-refractivity contribution in [2.24, 2.45) is 5.92 Å². The van der Waals surface area contributed by atoms with Crippen molar-refractivity contribution in [2.45, 2.75) is 31.1 Å². The topological polar surface area (TPSA) is 104 Å². The van der Waals surface area contributed by atoms with E-state index in [1.54, 1.807) is 4.90 Å². The molecule has 10 heteroatoms. The zero-order valence-corrected chi connectivity index (χ0v) is 17.5. The molecule has 0 bridgehead atoms. The summed E-state index contributed by atoms with van der Waals surface area (Å²) >= 11 is 0. The SMILES string of the molecule is CCCN1CCC(C(=O)N2CCN(S(=O)(=O)c3ccccc3[N+](=O)[O-])CC2)CC1. The number of piperidine rings is 1.